The van der Waals surface area contributed by atoms with Gasteiger partial charge in [-0.2, -0.15) is 0 Å². The largest absolute Gasteiger partial charge is 0.475 e. The first-order valence-corrected chi connectivity index (χ1v) is 12.7. The molecule has 1 fully saturated rings. The minimum atomic E-state index is -1.58. The van der Waals surface area contributed by atoms with Crippen molar-refractivity contribution in [3.05, 3.63) is 12.7 Å². The molecule has 1 unspecified atom stereocenters. The van der Waals surface area contributed by atoms with Crippen LogP contribution in [0.25, 0.3) is 0 Å². The van der Waals surface area contributed by atoms with Crippen LogP contribution in [-0.4, -0.2) is 63.8 Å². The van der Waals surface area contributed by atoms with E-state index in [9.17, 15) is 24.0 Å². The van der Waals surface area contributed by atoms with Crippen LogP contribution in [-0.2, 0) is 23.9 Å². The van der Waals surface area contributed by atoms with Crippen LogP contribution < -0.4 is 5.32 Å². The van der Waals surface area contributed by atoms with E-state index in [0.717, 1.165) is 0 Å². The Labute approximate surface area is 216 Å². The average Bonchev–Trinajstić information content (AvgIpc) is 3.22. The SMILES string of the molecule is C=CCCC(CC(=O)[C@@H]1CCCN1C(=O)[C@@H](NC(=O)OC(C)(C)C)C(C)(C)C)C(=O)C(=O)O.CCC. The molecule has 3 atom stereocenters. The summed E-state index contributed by atoms with van der Waals surface area (Å²) in [5, 5.41) is 11.7. The standard InChI is InChI=1S/C24H38N2O7.C3H8/c1-8-9-11-15(18(28)21(30)31)14-17(27)16-12-10-13-26(16)20(29)19(23(2,3)4)25-22(32)33-24(5,6)7;1-3-2/h8,15-16,19H,1,9-14H2,2-7H3,(H,25,32)(H,30,31);3H2,1-2H3/t15?,16-,19+;/m0./s1. The van der Waals surface area contributed by atoms with E-state index in [-0.39, 0.29) is 18.6 Å². The van der Waals surface area contributed by atoms with Gasteiger partial charge >= 0.3 is 12.1 Å². The van der Waals surface area contributed by atoms with Crippen LogP contribution in [0, 0.1) is 11.3 Å². The van der Waals surface area contributed by atoms with Crippen molar-refractivity contribution in [3.8, 4) is 0 Å². The fourth-order valence-electron chi connectivity index (χ4n) is 3.80. The molecule has 0 aromatic heterocycles. The van der Waals surface area contributed by atoms with Crippen LogP contribution >= 0.6 is 0 Å². The number of carboxylic acid groups (broad SMARTS) is 1. The van der Waals surface area contributed by atoms with E-state index in [4.69, 9.17) is 9.84 Å². The van der Waals surface area contributed by atoms with Gasteiger partial charge in [-0.05, 0) is 51.9 Å². The van der Waals surface area contributed by atoms with E-state index in [2.05, 4.69) is 25.7 Å². The van der Waals surface area contributed by atoms with E-state index < -0.39 is 52.8 Å². The van der Waals surface area contributed by atoms with Gasteiger partial charge in [0, 0.05) is 18.9 Å². The second kappa shape index (κ2) is 14.8. The van der Waals surface area contributed by atoms with Gasteiger partial charge in [0.15, 0.2) is 5.78 Å². The summed E-state index contributed by atoms with van der Waals surface area (Å²) in [6, 6.07) is -1.70. The average molecular weight is 511 g/mol. The van der Waals surface area contributed by atoms with Gasteiger partial charge in [0.05, 0.1) is 6.04 Å². The number of aliphatic carboxylic acids is 1. The Morgan fingerprint density at radius 1 is 1.11 bits per heavy atom. The number of nitrogens with zero attached hydrogens (tertiary/aromatic N) is 1. The summed E-state index contributed by atoms with van der Waals surface area (Å²) in [5.74, 6) is -4.32. The first kappa shape index (κ1) is 33.3. The molecule has 0 aromatic rings. The molecule has 1 saturated heterocycles. The van der Waals surface area contributed by atoms with Gasteiger partial charge in [0.25, 0.3) is 0 Å². The summed E-state index contributed by atoms with van der Waals surface area (Å²) in [7, 11) is 0. The van der Waals surface area contributed by atoms with Gasteiger partial charge < -0.3 is 20.1 Å². The van der Waals surface area contributed by atoms with Gasteiger partial charge in [-0.25, -0.2) is 9.59 Å². The Morgan fingerprint density at radius 3 is 2.11 bits per heavy atom. The van der Waals surface area contributed by atoms with E-state index in [1.54, 1.807) is 47.6 Å². The van der Waals surface area contributed by atoms with Gasteiger partial charge in [-0.3, -0.25) is 14.4 Å². The highest BCUT2D eigenvalue weighted by Gasteiger charge is 2.43. The van der Waals surface area contributed by atoms with Crippen molar-refractivity contribution < 1.29 is 33.8 Å². The zero-order valence-electron chi connectivity index (χ0n) is 23.3. The monoisotopic (exact) mass is 510 g/mol. The van der Waals surface area contributed by atoms with E-state index in [0.29, 0.717) is 25.8 Å². The van der Waals surface area contributed by atoms with Crippen molar-refractivity contribution in [1.82, 2.24) is 10.2 Å². The number of carbonyl (C=O) groups excluding carboxylic acids is 4. The van der Waals surface area contributed by atoms with Crippen molar-refractivity contribution in [2.24, 2.45) is 11.3 Å². The third kappa shape index (κ3) is 11.4. The van der Waals surface area contributed by atoms with Gasteiger partial charge in [0.1, 0.15) is 11.6 Å². The summed E-state index contributed by atoms with van der Waals surface area (Å²) in [6.45, 7) is 18.7. The number of hydrogen-bond acceptors (Lipinski definition) is 6. The molecule has 0 bridgehead atoms. The Bertz CT molecular complexity index is 793. The molecule has 0 aliphatic carbocycles. The molecule has 9 heteroatoms. The Kier molecular flexibility index (Phi) is 13.6. The highest BCUT2D eigenvalue weighted by molar-refractivity contribution is 6.33. The molecule has 36 heavy (non-hydrogen) atoms. The minimum absolute atomic E-state index is 0.200. The number of hydrogen-bond donors (Lipinski definition) is 2. The Morgan fingerprint density at radius 2 is 1.67 bits per heavy atom. The number of carboxylic acids is 1. The maximum absolute atomic E-state index is 13.4. The zero-order chi connectivity index (χ0) is 28.3. The minimum Gasteiger partial charge on any atom is -0.475 e. The van der Waals surface area contributed by atoms with Crippen LogP contribution in [0.2, 0.25) is 0 Å². The lowest BCUT2D eigenvalue weighted by Gasteiger charge is -2.36. The number of Topliss-reactive ketones (excluding diaryl/α,β-unsaturated/α-hetero) is 2. The highest BCUT2D eigenvalue weighted by Crippen LogP contribution is 2.28. The lowest BCUT2D eigenvalue weighted by atomic mass is 9.85. The molecular weight excluding hydrogens is 464 g/mol. The van der Waals surface area contributed by atoms with Gasteiger partial charge in [-0.1, -0.05) is 47.1 Å². The van der Waals surface area contributed by atoms with Crippen molar-refractivity contribution >= 4 is 29.5 Å². The molecule has 0 aromatic carbocycles. The van der Waals surface area contributed by atoms with Crippen LogP contribution in [0.4, 0.5) is 4.79 Å². The quantitative estimate of drug-likeness (QED) is 0.326. The third-order valence-electron chi connectivity index (χ3n) is 5.43. The number of rotatable bonds is 10. The number of nitrogens with one attached hydrogen (secondary N) is 1. The van der Waals surface area contributed by atoms with Crippen LogP contribution in [0.5, 0.6) is 0 Å². The number of ketones is 2. The number of carbonyl (C=O) groups is 5. The Hall–Kier alpha value is -2.71. The van der Waals surface area contributed by atoms with Crippen molar-refractivity contribution in [3.63, 3.8) is 0 Å². The maximum atomic E-state index is 13.4. The highest BCUT2D eigenvalue weighted by atomic mass is 16.6. The van der Waals surface area contributed by atoms with Crippen LogP contribution in [0.3, 0.4) is 0 Å². The number of alkyl carbamates (subject to hydrolysis) is 1. The zero-order valence-corrected chi connectivity index (χ0v) is 23.3. The fourth-order valence-corrected chi connectivity index (χ4v) is 3.80. The molecule has 1 aliphatic heterocycles. The predicted octanol–water partition coefficient (Wildman–Crippen LogP) is 4.53. The lowest BCUT2D eigenvalue weighted by molar-refractivity contribution is -0.152. The smallest absolute Gasteiger partial charge is 0.408 e. The first-order valence-electron chi connectivity index (χ1n) is 12.7. The molecule has 0 radical (unpaired) electrons. The summed E-state index contributed by atoms with van der Waals surface area (Å²) >= 11 is 0. The molecule has 206 valence electrons. The third-order valence-corrected chi connectivity index (χ3v) is 5.43. The molecule has 2 amide bonds. The van der Waals surface area contributed by atoms with E-state index >= 15 is 0 Å². The molecule has 0 spiro atoms. The van der Waals surface area contributed by atoms with E-state index in [1.165, 1.54) is 11.3 Å². The van der Waals surface area contributed by atoms with Crippen LogP contribution in [0.15, 0.2) is 12.7 Å². The first-order chi connectivity index (χ1) is 16.5. The number of likely N-dealkylation sites (tertiary alicyclic amines) is 1. The topological polar surface area (TPSA) is 130 Å². The predicted molar refractivity (Wildman–Crippen MR) is 139 cm³/mol. The molecule has 9 nitrogen and oxygen atoms in total. The summed E-state index contributed by atoms with van der Waals surface area (Å²) in [4.78, 5) is 63.5. The molecule has 0 saturated carbocycles. The molecule has 1 rings (SSSR count). The number of allylic oxidation sites excluding steroid dienone is 1. The van der Waals surface area contributed by atoms with Crippen molar-refractivity contribution in [2.75, 3.05) is 6.54 Å². The number of ether oxygens (including phenoxy) is 1. The van der Waals surface area contributed by atoms with Gasteiger partial charge in [-0.15, -0.1) is 6.58 Å². The second-order valence-electron chi connectivity index (χ2n) is 11.2. The van der Waals surface area contributed by atoms with Crippen LogP contribution in [0.1, 0.15) is 93.9 Å². The maximum Gasteiger partial charge on any atom is 0.408 e. The normalized spacial score (nSPS) is 17.2. The van der Waals surface area contributed by atoms with Crippen molar-refractivity contribution in [2.45, 2.75) is 112 Å². The molecule has 1 aliphatic rings. The fraction of sp³-hybridized carbons (Fsp3) is 0.741. The number of amides is 2. The van der Waals surface area contributed by atoms with Crippen molar-refractivity contribution in [1.29, 1.82) is 0 Å². The summed E-state index contributed by atoms with van der Waals surface area (Å²) in [6.07, 6.45) is 3.44. The molecular formula is C27H46N2O7. The summed E-state index contributed by atoms with van der Waals surface area (Å²) in [5.41, 5.74) is -1.39. The second-order valence-corrected chi connectivity index (χ2v) is 11.2. The molecule has 2 N–H and O–H groups in total. The lowest BCUT2D eigenvalue weighted by Crippen LogP contribution is -2.57. The molecule has 1 heterocycles. The summed E-state index contributed by atoms with van der Waals surface area (Å²) < 4.78 is 5.30. The van der Waals surface area contributed by atoms with E-state index in [1.807, 2.05) is 0 Å². The van der Waals surface area contributed by atoms with Gasteiger partial charge in [0.2, 0.25) is 11.7 Å². The Balaban J connectivity index is 0.00000387.